The summed E-state index contributed by atoms with van der Waals surface area (Å²) in [5.41, 5.74) is 2.77. The number of hydrogen-bond acceptors (Lipinski definition) is 2. The third-order valence-electron chi connectivity index (χ3n) is 2.84. The van der Waals surface area contributed by atoms with Gasteiger partial charge in [0.05, 0.1) is 0 Å². The molecule has 0 spiro atoms. The van der Waals surface area contributed by atoms with E-state index in [9.17, 15) is 4.79 Å². The highest BCUT2D eigenvalue weighted by atomic mass is 79.9. The number of ether oxygens (including phenoxy) is 1. The second kappa shape index (κ2) is 6.02. The number of aryl methyl sites for hydroxylation is 2. The molecule has 0 saturated carbocycles. The predicted molar refractivity (Wildman–Crippen MR) is 79.9 cm³/mol. The highest BCUT2D eigenvalue weighted by molar-refractivity contribution is 9.10. The van der Waals surface area contributed by atoms with Crippen molar-refractivity contribution in [2.24, 2.45) is 0 Å². The summed E-state index contributed by atoms with van der Waals surface area (Å²) in [5, 5.41) is 0. The van der Waals surface area contributed by atoms with E-state index in [0.717, 1.165) is 21.3 Å². The maximum Gasteiger partial charge on any atom is 0.200 e. The van der Waals surface area contributed by atoms with Crippen LogP contribution in [0.3, 0.4) is 0 Å². The van der Waals surface area contributed by atoms with Crippen LogP contribution in [0.25, 0.3) is 0 Å². The first kappa shape index (κ1) is 13.8. The van der Waals surface area contributed by atoms with Crippen LogP contribution in [0.15, 0.2) is 46.9 Å². The minimum Gasteiger partial charge on any atom is -0.485 e. The average Bonchev–Trinajstić information content (AvgIpc) is 2.37. The number of Topliss-reactive ketones (excluding diaryl/α,β-unsaturated/α-hetero) is 1. The van der Waals surface area contributed by atoms with E-state index in [4.69, 9.17) is 4.74 Å². The van der Waals surface area contributed by atoms with Crippen molar-refractivity contribution in [1.82, 2.24) is 0 Å². The van der Waals surface area contributed by atoms with Crippen molar-refractivity contribution >= 4 is 21.7 Å². The maximum atomic E-state index is 12.0. The average molecular weight is 319 g/mol. The van der Waals surface area contributed by atoms with E-state index < -0.39 is 0 Å². The van der Waals surface area contributed by atoms with Gasteiger partial charge in [-0.25, -0.2) is 0 Å². The molecule has 0 fully saturated rings. The van der Waals surface area contributed by atoms with Crippen LogP contribution in [0.5, 0.6) is 5.75 Å². The number of hydrogen-bond donors (Lipinski definition) is 0. The minimum atomic E-state index is -0.00832. The van der Waals surface area contributed by atoms with Crippen molar-refractivity contribution in [2.45, 2.75) is 13.8 Å². The Bertz CT molecular complexity index is 605. The molecule has 2 aromatic rings. The Hall–Kier alpha value is -1.61. The Morgan fingerprint density at radius 3 is 2.63 bits per heavy atom. The first-order valence-electron chi connectivity index (χ1n) is 6.05. The molecule has 2 nitrogen and oxygen atoms in total. The fraction of sp³-hybridized carbons (Fsp3) is 0.188. The van der Waals surface area contributed by atoms with Crippen molar-refractivity contribution in [3.63, 3.8) is 0 Å². The first-order chi connectivity index (χ1) is 9.06. The molecule has 0 aliphatic carbocycles. The summed E-state index contributed by atoms with van der Waals surface area (Å²) < 4.78 is 6.58. The summed E-state index contributed by atoms with van der Waals surface area (Å²) in [5.74, 6) is 0.732. The highest BCUT2D eigenvalue weighted by Crippen LogP contribution is 2.22. The molecule has 0 amide bonds. The lowest BCUT2D eigenvalue weighted by Gasteiger charge is -2.09. The number of halogens is 1. The molecule has 0 saturated heterocycles. The molecule has 19 heavy (non-hydrogen) atoms. The fourth-order valence-electron chi connectivity index (χ4n) is 1.82. The lowest BCUT2D eigenvalue weighted by molar-refractivity contribution is 0.0921. The van der Waals surface area contributed by atoms with Crippen molar-refractivity contribution in [3.05, 3.63) is 63.6 Å². The number of ketones is 1. The topological polar surface area (TPSA) is 26.3 Å². The first-order valence-corrected chi connectivity index (χ1v) is 6.84. The smallest absolute Gasteiger partial charge is 0.200 e. The third-order valence-corrected chi connectivity index (χ3v) is 3.33. The van der Waals surface area contributed by atoms with Gasteiger partial charge in [-0.05, 0) is 43.7 Å². The summed E-state index contributed by atoms with van der Waals surface area (Å²) in [6.07, 6.45) is 0. The van der Waals surface area contributed by atoms with Crippen LogP contribution >= 0.6 is 15.9 Å². The van der Waals surface area contributed by atoms with E-state index in [-0.39, 0.29) is 12.4 Å². The number of rotatable bonds is 4. The fourth-order valence-corrected chi connectivity index (χ4v) is 2.30. The molecule has 0 unspecified atom stereocenters. The van der Waals surface area contributed by atoms with Gasteiger partial charge in [-0.1, -0.05) is 39.7 Å². The number of carbonyl (C=O) groups excluding carboxylic acids is 1. The highest BCUT2D eigenvalue weighted by Gasteiger charge is 2.08. The summed E-state index contributed by atoms with van der Waals surface area (Å²) in [6, 6.07) is 13.3. The van der Waals surface area contributed by atoms with Gasteiger partial charge in [0.25, 0.3) is 0 Å². The summed E-state index contributed by atoms with van der Waals surface area (Å²) >= 11 is 3.40. The largest absolute Gasteiger partial charge is 0.485 e. The van der Waals surface area contributed by atoms with Gasteiger partial charge in [-0.15, -0.1) is 0 Å². The van der Waals surface area contributed by atoms with Crippen LogP contribution in [0.1, 0.15) is 21.5 Å². The Balaban J connectivity index is 2.04. The third kappa shape index (κ3) is 3.67. The van der Waals surface area contributed by atoms with Gasteiger partial charge >= 0.3 is 0 Å². The van der Waals surface area contributed by atoms with Crippen molar-refractivity contribution in [1.29, 1.82) is 0 Å². The van der Waals surface area contributed by atoms with Crippen LogP contribution < -0.4 is 4.74 Å². The molecule has 0 radical (unpaired) electrons. The monoisotopic (exact) mass is 318 g/mol. The molecule has 0 bridgehead atoms. The second-order valence-electron chi connectivity index (χ2n) is 4.49. The van der Waals surface area contributed by atoms with Gasteiger partial charge < -0.3 is 4.74 Å². The summed E-state index contributed by atoms with van der Waals surface area (Å²) in [6.45, 7) is 3.99. The van der Waals surface area contributed by atoms with E-state index in [1.165, 1.54) is 0 Å². The second-order valence-corrected chi connectivity index (χ2v) is 5.41. The molecule has 2 aromatic carbocycles. The Kier molecular flexibility index (Phi) is 4.38. The molecule has 0 atom stereocenters. The zero-order valence-electron chi connectivity index (χ0n) is 10.9. The minimum absolute atomic E-state index is 0.00832. The molecule has 0 aromatic heterocycles. The molecule has 2 rings (SSSR count). The van der Waals surface area contributed by atoms with Crippen LogP contribution in [0, 0.1) is 13.8 Å². The van der Waals surface area contributed by atoms with Crippen molar-refractivity contribution in [2.75, 3.05) is 6.61 Å². The van der Waals surface area contributed by atoms with Gasteiger partial charge in [-0.3, -0.25) is 4.79 Å². The molecule has 3 heteroatoms. The van der Waals surface area contributed by atoms with E-state index in [1.54, 1.807) is 0 Å². The van der Waals surface area contributed by atoms with Gasteiger partial charge in [0, 0.05) is 10.0 Å². The van der Waals surface area contributed by atoms with E-state index in [1.807, 2.05) is 56.3 Å². The Labute approximate surface area is 121 Å². The van der Waals surface area contributed by atoms with Gasteiger partial charge in [0.15, 0.2) is 12.4 Å². The SMILES string of the molecule is Cc1cccc(C(=O)COc2ccc(Br)cc2C)c1. The van der Waals surface area contributed by atoms with Crippen LogP contribution in [0.2, 0.25) is 0 Å². The number of carbonyl (C=O) groups is 1. The van der Waals surface area contributed by atoms with Gasteiger partial charge in [0.1, 0.15) is 5.75 Å². The normalized spacial score (nSPS) is 10.3. The standard InChI is InChI=1S/C16H15BrO2/c1-11-4-3-5-13(8-11)15(18)10-19-16-7-6-14(17)9-12(16)2/h3-9H,10H2,1-2H3. The van der Waals surface area contributed by atoms with E-state index in [2.05, 4.69) is 15.9 Å². The lowest BCUT2D eigenvalue weighted by atomic mass is 10.1. The maximum absolute atomic E-state index is 12.0. The number of benzene rings is 2. The van der Waals surface area contributed by atoms with Crippen LogP contribution in [-0.2, 0) is 0 Å². The van der Waals surface area contributed by atoms with E-state index in [0.29, 0.717) is 5.56 Å². The summed E-state index contributed by atoms with van der Waals surface area (Å²) in [4.78, 5) is 12.0. The van der Waals surface area contributed by atoms with Crippen LogP contribution in [-0.4, -0.2) is 12.4 Å². The zero-order chi connectivity index (χ0) is 13.8. The zero-order valence-corrected chi connectivity index (χ0v) is 12.5. The molecular weight excluding hydrogens is 304 g/mol. The quantitative estimate of drug-likeness (QED) is 0.784. The molecule has 0 aliphatic heterocycles. The van der Waals surface area contributed by atoms with Crippen molar-refractivity contribution in [3.8, 4) is 5.75 Å². The molecule has 98 valence electrons. The summed E-state index contributed by atoms with van der Waals surface area (Å²) in [7, 11) is 0. The van der Waals surface area contributed by atoms with E-state index >= 15 is 0 Å². The van der Waals surface area contributed by atoms with Gasteiger partial charge in [0.2, 0.25) is 0 Å². The lowest BCUT2D eigenvalue weighted by Crippen LogP contribution is -2.12. The van der Waals surface area contributed by atoms with Gasteiger partial charge in [-0.2, -0.15) is 0 Å². The predicted octanol–water partition coefficient (Wildman–Crippen LogP) is 4.33. The molecule has 0 N–H and O–H groups in total. The van der Waals surface area contributed by atoms with Crippen LogP contribution in [0.4, 0.5) is 0 Å². The Morgan fingerprint density at radius 1 is 1.16 bits per heavy atom. The Morgan fingerprint density at radius 2 is 1.95 bits per heavy atom. The molecular formula is C16H15BrO2. The molecule has 0 heterocycles. The van der Waals surface area contributed by atoms with Crippen molar-refractivity contribution < 1.29 is 9.53 Å². The molecule has 0 aliphatic rings.